The maximum atomic E-state index is 12.9. The van der Waals surface area contributed by atoms with Gasteiger partial charge in [0.1, 0.15) is 6.04 Å². The van der Waals surface area contributed by atoms with E-state index in [2.05, 4.69) is 10.6 Å². The van der Waals surface area contributed by atoms with E-state index in [-0.39, 0.29) is 18.0 Å². The van der Waals surface area contributed by atoms with E-state index < -0.39 is 6.04 Å². The minimum absolute atomic E-state index is 0.0284. The Morgan fingerprint density at radius 1 is 1.27 bits per heavy atom. The second-order valence-electron chi connectivity index (χ2n) is 7.68. The fourth-order valence-electron chi connectivity index (χ4n) is 3.22. The number of hydrogen-bond acceptors (Lipinski definition) is 3. The summed E-state index contributed by atoms with van der Waals surface area (Å²) >= 11 is 0. The molecule has 0 bridgehead atoms. The molecule has 26 heavy (non-hydrogen) atoms. The van der Waals surface area contributed by atoms with E-state index in [1.54, 1.807) is 4.90 Å². The van der Waals surface area contributed by atoms with Gasteiger partial charge in [0, 0.05) is 25.7 Å². The van der Waals surface area contributed by atoms with Crippen LogP contribution in [0.4, 0.5) is 4.79 Å². The van der Waals surface area contributed by atoms with Crippen molar-refractivity contribution < 1.29 is 9.59 Å². The Balaban J connectivity index is 1.92. The average Bonchev–Trinajstić information content (AvgIpc) is 2.59. The molecule has 1 aliphatic heterocycles. The van der Waals surface area contributed by atoms with Crippen LogP contribution in [0.5, 0.6) is 0 Å². The minimum atomic E-state index is -0.515. The van der Waals surface area contributed by atoms with Gasteiger partial charge in [-0.3, -0.25) is 4.79 Å². The predicted octanol–water partition coefficient (Wildman–Crippen LogP) is 2.16. The quantitative estimate of drug-likeness (QED) is 0.726. The largest absolute Gasteiger partial charge is 0.339 e. The molecule has 1 aliphatic rings. The lowest BCUT2D eigenvalue weighted by molar-refractivity contribution is -0.134. The molecule has 144 valence electrons. The summed E-state index contributed by atoms with van der Waals surface area (Å²) in [5.41, 5.74) is 8.20. The zero-order valence-corrected chi connectivity index (χ0v) is 16.1. The fourth-order valence-corrected chi connectivity index (χ4v) is 3.22. The summed E-state index contributed by atoms with van der Waals surface area (Å²) in [6, 6.07) is 7.20. The zero-order chi connectivity index (χ0) is 19.1. The van der Waals surface area contributed by atoms with Gasteiger partial charge in [0.25, 0.3) is 0 Å². The predicted molar refractivity (Wildman–Crippen MR) is 104 cm³/mol. The number of carbonyl (C=O) groups is 2. The molecular formula is C20H32N4O2. The minimum Gasteiger partial charge on any atom is -0.339 e. The van der Waals surface area contributed by atoms with Crippen LogP contribution in [0.15, 0.2) is 24.3 Å². The number of aryl methyl sites for hydroxylation is 1. The van der Waals surface area contributed by atoms with Gasteiger partial charge in [0.15, 0.2) is 0 Å². The van der Waals surface area contributed by atoms with Crippen LogP contribution in [-0.2, 0) is 11.3 Å². The number of amides is 3. The number of urea groups is 1. The zero-order valence-electron chi connectivity index (χ0n) is 16.1. The molecule has 2 rings (SSSR count). The molecule has 1 aromatic rings. The van der Waals surface area contributed by atoms with Crippen molar-refractivity contribution in [3.63, 3.8) is 0 Å². The Hall–Kier alpha value is -2.08. The van der Waals surface area contributed by atoms with Crippen LogP contribution in [0.25, 0.3) is 0 Å². The van der Waals surface area contributed by atoms with Crippen molar-refractivity contribution in [2.75, 3.05) is 13.1 Å². The van der Waals surface area contributed by atoms with Crippen LogP contribution in [0.3, 0.4) is 0 Å². The van der Waals surface area contributed by atoms with Crippen molar-refractivity contribution in [3.05, 3.63) is 35.4 Å². The van der Waals surface area contributed by atoms with Gasteiger partial charge in [0.2, 0.25) is 5.91 Å². The highest BCUT2D eigenvalue weighted by molar-refractivity contribution is 5.87. The third-order valence-corrected chi connectivity index (χ3v) is 4.65. The van der Waals surface area contributed by atoms with Gasteiger partial charge in [-0.15, -0.1) is 0 Å². The van der Waals surface area contributed by atoms with Crippen molar-refractivity contribution in [1.82, 2.24) is 15.5 Å². The van der Waals surface area contributed by atoms with Crippen molar-refractivity contribution in [2.45, 2.75) is 58.7 Å². The Labute approximate surface area is 156 Å². The van der Waals surface area contributed by atoms with Crippen LogP contribution in [0.2, 0.25) is 0 Å². The summed E-state index contributed by atoms with van der Waals surface area (Å²) in [5.74, 6) is 0.277. The molecule has 6 nitrogen and oxygen atoms in total. The molecule has 0 radical (unpaired) electrons. The molecule has 4 N–H and O–H groups in total. The van der Waals surface area contributed by atoms with Gasteiger partial charge in [-0.2, -0.15) is 0 Å². The van der Waals surface area contributed by atoms with Gasteiger partial charge in [-0.25, -0.2) is 4.79 Å². The summed E-state index contributed by atoms with van der Waals surface area (Å²) in [5, 5.41) is 5.70. The normalized spacial score (nSPS) is 18.5. The molecule has 3 amide bonds. The van der Waals surface area contributed by atoms with Gasteiger partial charge in [-0.1, -0.05) is 43.7 Å². The molecule has 0 aromatic heterocycles. The number of carbonyl (C=O) groups excluding carboxylic acids is 2. The van der Waals surface area contributed by atoms with Crippen LogP contribution >= 0.6 is 0 Å². The summed E-state index contributed by atoms with van der Waals surface area (Å²) in [6.07, 6.45) is 2.48. The molecule has 1 fully saturated rings. The Morgan fingerprint density at radius 3 is 2.58 bits per heavy atom. The maximum Gasteiger partial charge on any atom is 0.315 e. The van der Waals surface area contributed by atoms with Gasteiger partial charge in [-0.05, 0) is 37.7 Å². The van der Waals surface area contributed by atoms with Gasteiger partial charge >= 0.3 is 6.03 Å². The number of piperidine rings is 1. The molecule has 6 heteroatoms. The summed E-state index contributed by atoms with van der Waals surface area (Å²) in [6.45, 7) is 7.85. The molecule has 1 aromatic carbocycles. The Morgan fingerprint density at radius 2 is 1.96 bits per heavy atom. The maximum absolute atomic E-state index is 12.9. The first-order valence-electron chi connectivity index (χ1n) is 9.49. The molecule has 2 unspecified atom stereocenters. The van der Waals surface area contributed by atoms with Gasteiger partial charge in [0.05, 0.1) is 0 Å². The second-order valence-corrected chi connectivity index (χ2v) is 7.68. The first kappa shape index (κ1) is 20.2. The number of rotatable bonds is 6. The second kappa shape index (κ2) is 9.57. The number of nitrogens with one attached hydrogen (secondary N) is 2. The standard InChI is InChI=1S/C20H32N4O2/c1-14(2)11-18(19(25)24-10-4-5-17(21)13-24)23-20(26)22-12-16-8-6-15(3)7-9-16/h6-9,14,17-18H,4-5,10-13,21H2,1-3H3,(H2,22,23,26). The lowest BCUT2D eigenvalue weighted by atomic mass is 10.0. The molecule has 0 spiro atoms. The monoisotopic (exact) mass is 360 g/mol. The molecule has 1 heterocycles. The van der Waals surface area contributed by atoms with Crippen molar-refractivity contribution in [2.24, 2.45) is 11.7 Å². The summed E-state index contributed by atoms with van der Waals surface area (Å²) in [7, 11) is 0. The van der Waals surface area contributed by atoms with Crippen LogP contribution in [0.1, 0.15) is 44.2 Å². The molecule has 1 saturated heterocycles. The number of hydrogen-bond donors (Lipinski definition) is 3. The smallest absolute Gasteiger partial charge is 0.315 e. The molecule has 0 aliphatic carbocycles. The fraction of sp³-hybridized carbons (Fsp3) is 0.600. The molecule has 2 atom stereocenters. The lowest BCUT2D eigenvalue weighted by Gasteiger charge is -2.34. The van der Waals surface area contributed by atoms with Crippen molar-refractivity contribution in [1.29, 1.82) is 0 Å². The lowest BCUT2D eigenvalue weighted by Crippen LogP contribution is -2.55. The van der Waals surface area contributed by atoms with E-state index in [1.165, 1.54) is 5.56 Å². The number of nitrogens with zero attached hydrogens (tertiary/aromatic N) is 1. The van der Waals surface area contributed by atoms with Gasteiger partial charge < -0.3 is 21.3 Å². The average molecular weight is 361 g/mol. The van der Waals surface area contributed by atoms with Crippen LogP contribution in [0, 0.1) is 12.8 Å². The van der Waals surface area contributed by atoms with E-state index in [1.807, 2.05) is 45.0 Å². The highest BCUT2D eigenvalue weighted by Gasteiger charge is 2.29. The Kier molecular flexibility index (Phi) is 7.45. The molecular weight excluding hydrogens is 328 g/mol. The highest BCUT2D eigenvalue weighted by atomic mass is 16.2. The Bertz CT molecular complexity index is 600. The van der Waals surface area contributed by atoms with Crippen LogP contribution in [-0.4, -0.2) is 42.0 Å². The van der Waals surface area contributed by atoms with Crippen molar-refractivity contribution >= 4 is 11.9 Å². The molecule has 0 saturated carbocycles. The van der Waals surface area contributed by atoms with E-state index in [0.717, 1.165) is 18.4 Å². The third-order valence-electron chi connectivity index (χ3n) is 4.65. The number of nitrogens with two attached hydrogens (primary N) is 1. The summed E-state index contributed by atoms with van der Waals surface area (Å²) < 4.78 is 0. The number of likely N-dealkylation sites (tertiary alicyclic amines) is 1. The SMILES string of the molecule is Cc1ccc(CNC(=O)NC(CC(C)C)C(=O)N2CCCC(N)C2)cc1. The topological polar surface area (TPSA) is 87.5 Å². The highest BCUT2D eigenvalue weighted by Crippen LogP contribution is 2.13. The first-order valence-corrected chi connectivity index (χ1v) is 9.49. The third kappa shape index (κ3) is 6.33. The van der Waals surface area contributed by atoms with E-state index >= 15 is 0 Å². The summed E-state index contributed by atoms with van der Waals surface area (Å²) in [4.78, 5) is 27.0. The van der Waals surface area contributed by atoms with Crippen LogP contribution < -0.4 is 16.4 Å². The van der Waals surface area contributed by atoms with Crippen molar-refractivity contribution in [3.8, 4) is 0 Å². The number of benzene rings is 1. The van der Waals surface area contributed by atoms with E-state index in [9.17, 15) is 9.59 Å². The van der Waals surface area contributed by atoms with E-state index in [4.69, 9.17) is 5.73 Å². The van der Waals surface area contributed by atoms with E-state index in [0.29, 0.717) is 32.0 Å². The first-order chi connectivity index (χ1) is 12.3.